The van der Waals surface area contributed by atoms with Gasteiger partial charge in [-0.1, -0.05) is 19.1 Å². The van der Waals surface area contributed by atoms with Gasteiger partial charge in [0.1, 0.15) is 6.54 Å². The molecule has 0 saturated carbocycles. The Balaban J connectivity index is 1.83. The van der Waals surface area contributed by atoms with E-state index in [0.717, 1.165) is 26.8 Å². The average Bonchev–Trinajstić information content (AvgIpc) is 2.73. The molecule has 1 atom stereocenters. The third-order valence-electron chi connectivity index (χ3n) is 4.29. The first-order valence-electron chi connectivity index (χ1n) is 8.17. The Morgan fingerprint density at radius 1 is 1.16 bits per heavy atom. The molecule has 1 aromatic rings. The van der Waals surface area contributed by atoms with Crippen molar-refractivity contribution in [1.82, 2.24) is 9.80 Å². The zero-order valence-electron chi connectivity index (χ0n) is 14.1. The Morgan fingerprint density at radius 2 is 1.84 bits per heavy atom. The zero-order valence-corrected chi connectivity index (χ0v) is 14.9. The lowest BCUT2D eigenvalue weighted by atomic mass is 10.2. The van der Waals surface area contributed by atoms with Crippen LogP contribution in [0.4, 0.5) is 10.5 Å². The summed E-state index contributed by atoms with van der Waals surface area (Å²) in [5.74, 6) is -2.18. The van der Waals surface area contributed by atoms with Crippen LogP contribution < -0.4 is 4.90 Å². The van der Waals surface area contributed by atoms with E-state index in [1.165, 1.54) is 0 Å². The zero-order chi connectivity index (χ0) is 18.1. The maximum Gasteiger partial charge on any atom is 0.334 e. The van der Waals surface area contributed by atoms with Gasteiger partial charge in [0.05, 0.1) is 5.69 Å². The number of carbonyl (C=O) groups is 4. The van der Waals surface area contributed by atoms with Crippen molar-refractivity contribution in [3.63, 3.8) is 0 Å². The molecule has 0 bridgehead atoms. The summed E-state index contributed by atoms with van der Waals surface area (Å²) in [5.41, 5.74) is 0.777. The van der Waals surface area contributed by atoms with E-state index in [9.17, 15) is 19.2 Å². The summed E-state index contributed by atoms with van der Waals surface area (Å²) in [6, 6.07) is 6.85. The molecule has 5 amide bonds. The van der Waals surface area contributed by atoms with Gasteiger partial charge in [-0.25, -0.2) is 9.69 Å². The Hall–Kier alpha value is -2.35. The number of hydrogen-bond acceptors (Lipinski definition) is 5. The van der Waals surface area contributed by atoms with Gasteiger partial charge in [-0.3, -0.25) is 19.3 Å². The molecule has 0 spiro atoms. The number of carbonyl (C=O) groups excluding carboxylic acids is 4. The van der Waals surface area contributed by atoms with Gasteiger partial charge < -0.3 is 4.90 Å². The van der Waals surface area contributed by atoms with Gasteiger partial charge in [-0.15, -0.1) is 11.8 Å². The van der Waals surface area contributed by atoms with Crippen LogP contribution >= 0.6 is 11.8 Å². The van der Waals surface area contributed by atoms with Gasteiger partial charge >= 0.3 is 17.8 Å². The number of hydrogen-bond donors (Lipinski definition) is 0. The van der Waals surface area contributed by atoms with Crippen molar-refractivity contribution in [1.29, 1.82) is 0 Å². The van der Waals surface area contributed by atoms with Gasteiger partial charge in [-0.2, -0.15) is 0 Å². The number of benzene rings is 1. The molecule has 0 unspecified atom stereocenters. The first kappa shape index (κ1) is 17.5. The predicted molar refractivity (Wildman–Crippen MR) is 93.2 cm³/mol. The molecule has 8 heteroatoms. The molecule has 0 N–H and O–H groups in total. The number of rotatable bonds is 3. The lowest BCUT2D eigenvalue weighted by molar-refractivity contribution is -0.143. The van der Waals surface area contributed by atoms with Crippen LogP contribution in [0.25, 0.3) is 0 Å². The summed E-state index contributed by atoms with van der Waals surface area (Å²) in [4.78, 5) is 53.0. The van der Waals surface area contributed by atoms with E-state index in [1.807, 2.05) is 24.3 Å². The van der Waals surface area contributed by atoms with Gasteiger partial charge in [-0.05, 0) is 25.5 Å². The Kier molecular flexibility index (Phi) is 4.80. The third-order valence-corrected chi connectivity index (χ3v) is 5.53. The van der Waals surface area contributed by atoms with Gasteiger partial charge in [0, 0.05) is 23.2 Å². The molecule has 2 aliphatic rings. The van der Waals surface area contributed by atoms with E-state index in [-0.39, 0.29) is 12.5 Å². The van der Waals surface area contributed by atoms with E-state index in [4.69, 9.17) is 0 Å². The van der Waals surface area contributed by atoms with Gasteiger partial charge in [0.2, 0.25) is 5.91 Å². The average molecular weight is 361 g/mol. The molecular formula is C17H19N3O4S. The standard InChI is InChI=1S/C17H19N3O4S/c1-3-18-15(22)16(23)20(17(18)24)10-14(21)19-9-8-11(2)25-13-7-5-4-6-12(13)19/h4-7,11H,3,8-10H2,1-2H3/t11-/m0/s1. The summed E-state index contributed by atoms with van der Waals surface area (Å²) in [5, 5.41) is 0.353. The summed E-state index contributed by atoms with van der Waals surface area (Å²) < 4.78 is 0. The highest BCUT2D eigenvalue weighted by Gasteiger charge is 2.45. The van der Waals surface area contributed by atoms with Crippen molar-refractivity contribution in [3.8, 4) is 0 Å². The molecule has 1 fully saturated rings. The smallest absolute Gasteiger partial charge is 0.310 e. The Bertz CT molecular complexity index is 751. The lowest BCUT2D eigenvalue weighted by Gasteiger charge is -2.24. The van der Waals surface area contributed by atoms with Gasteiger partial charge in [0.25, 0.3) is 0 Å². The number of amides is 5. The van der Waals surface area contributed by atoms with Crippen LogP contribution in [0.2, 0.25) is 0 Å². The second kappa shape index (κ2) is 6.87. The summed E-state index contributed by atoms with van der Waals surface area (Å²) >= 11 is 1.70. The highest BCUT2D eigenvalue weighted by atomic mass is 32.2. The topological polar surface area (TPSA) is 78.0 Å². The number of anilines is 1. The molecule has 132 valence electrons. The van der Waals surface area contributed by atoms with E-state index in [2.05, 4.69) is 6.92 Å². The molecule has 0 radical (unpaired) electrons. The number of fused-ring (bicyclic) bond motifs is 1. The fourth-order valence-electron chi connectivity index (χ4n) is 2.94. The van der Waals surface area contributed by atoms with E-state index < -0.39 is 24.4 Å². The molecule has 1 aromatic carbocycles. The molecule has 0 aliphatic carbocycles. The van der Waals surface area contributed by atoms with E-state index in [1.54, 1.807) is 23.6 Å². The maximum atomic E-state index is 12.8. The van der Waals surface area contributed by atoms with Crippen LogP contribution in [0, 0.1) is 0 Å². The Labute approximate surface area is 149 Å². The second-order valence-corrected chi connectivity index (χ2v) is 7.43. The molecule has 0 aromatic heterocycles. The number of urea groups is 1. The molecule has 2 aliphatic heterocycles. The largest absolute Gasteiger partial charge is 0.334 e. The third kappa shape index (κ3) is 3.13. The van der Waals surface area contributed by atoms with Crippen LogP contribution in [0.15, 0.2) is 29.2 Å². The Morgan fingerprint density at radius 3 is 2.52 bits per heavy atom. The fourth-order valence-corrected chi connectivity index (χ4v) is 4.05. The van der Waals surface area contributed by atoms with Gasteiger partial charge in [0.15, 0.2) is 0 Å². The van der Waals surface area contributed by atoms with Crippen molar-refractivity contribution in [2.45, 2.75) is 30.4 Å². The van der Waals surface area contributed by atoms with Crippen molar-refractivity contribution >= 4 is 41.2 Å². The number of thioether (sulfide) groups is 1. The quantitative estimate of drug-likeness (QED) is 0.605. The number of likely N-dealkylation sites (N-methyl/N-ethyl adjacent to an activating group) is 1. The summed E-state index contributed by atoms with van der Waals surface area (Å²) in [6.45, 7) is 3.90. The number of para-hydroxylation sites is 1. The molecule has 2 heterocycles. The first-order chi connectivity index (χ1) is 11.9. The van der Waals surface area contributed by atoms with E-state index in [0.29, 0.717) is 11.8 Å². The van der Waals surface area contributed by atoms with Crippen LogP contribution in [-0.4, -0.2) is 58.4 Å². The minimum absolute atomic E-state index is 0.106. The lowest BCUT2D eigenvalue weighted by Crippen LogP contribution is -2.44. The predicted octanol–water partition coefficient (Wildman–Crippen LogP) is 1.71. The summed E-state index contributed by atoms with van der Waals surface area (Å²) in [6.07, 6.45) is 0.799. The summed E-state index contributed by atoms with van der Waals surface area (Å²) in [7, 11) is 0. The molecule has 3 rings (SSSR count). The fraction of sp³-hybridized carbons (Fsp3) is 0.412. The van der Waals surface area contributed by atoms with Crippen LogP contribution in [0.5, 0.6) is 0 Å². The normalized spacial score (nSPS) is 20.8. The maximum absolute atomic E-state index is 12.8. The molecular weight excluding hydrogens is 342 g/mol. The van der Waals surface area contributed by atoms with Crippen molar-refractivity contribution in [3.05, 3.63) is 24.3 Å². The van der Waals surface area contributed by atoms with Crippen molar-refractivity contribution in [2.24, 2.45) is 0 Å². The molecule has 25 heavy (non-hydrogen) atoms. The van der Waals surface area contributed by atoms with Crippen molar-refractivity contribution < 1.29 is 19.2 Å². The van der Waals surface area contributed by atoms with Crippen LogP contribution in [-0.2, 0) is 14.4 Å². The van der Waals surface area contributed by atoms with E-state index >= 15 is 0 Å². The van der Waals surface area contributed by atoms with Crippen LogP contribution in [0.3, 0.4) is 0 Å². The number of nitrogens with zero attached hydrogens (tertiary/aromatic N) is 3. The first-order valence-corrected chi connectivity index (χ1v) is 9.05. The highest BCUT2D eigenvalue weighted by molar-refractivity contribution is 8.00. The highest BCUT2D eigenvalue weighted by Crippen LogP contribution is 2.37. The minimum Gasteiger partial charge on any atom is -0.310 e. The second-order valence-electron chi connectivity index (χ2n) is 5.95. The van der Waals surface area contributed by atoms with Crippen LogP contribution in [0.1, 0.15) is 20.3 Å². The number of imide groups is 2. The SMILES string of the molecule is CCN1C(=O)C(=O)N(CC(=O)N2CC[C@H](C)Sc3ccccc32)C1=O. The van der Waals surface area contributed by atoms with Crippen molar-refractivity contribution in [2.75, 3.05) is 24.5 Å². The molecule has 1 saturated heterocycles. The monoisotopic (exact) mass is 361 g/mol. The minimum atomic E-state index is -0.939. The molecule has 7 nitrogen and oxygen atoms in total.